The van der Waals surface area contributed by atoms with Crippen LogP contribution in [-0.2, 0) is 0 Å². The largest absolute Gasteiger partial charge is 0.393 e. The number of hydrogen-bond acceptors (Lipinski definition) is 3. The van der Waals surface area contributed by atoms with Crippen LogP contribution in [0.5, 0.6) is 0 Å². The quantitative estimate of drug-likeness (QED) is 0.573. The number of nitrogens with one attached hydrogen (secondary N) is 1. The standard InChI is InChI=1S/C27H32N2O2/c1-25-10-9-20-21-14-26(21)13-18(30)4-3-17(26)8-11-27(20,31)24(25)7-5-19(25)16-2-6-22-23(12-16)29-15-28-22/h2,5-6,9,12,15,17-18,21,24,30-31H,3-4,7-8,10-11,13-14H2,1H3,(H,28,29)/t17?,18?,21?,24?,25?,26?,27-/m1/s1. The number of H-pyrrole nitrogens is 1. The lowest BCUT2D eigenvalue weighted by molar-refractivity contribution is -0.0389. The van der Waals surface area contributed by atoms with Crippen molar-refractivity contribution in [1.29, 1.82) is 0 Å². The molecule has 5 aliphatic carbocycles. The number of aliphatic hydroxyl groups excluding tert-OH is 1. The summed E-state index contributed by atoms with van der Waals surface area (Å²) in [6.45, 7) is 2.38. The van der Waals surface area contributed by atoms with E-state index in [2.05, 4.69) is 47.2 Å². The lowest BCUT2D eigenvalue weighted by Crippen LogP contribution is -2.49. The van der Waals surface area contributed by atoms with Crippen LogP contribution in [0.4, 0.5) is 0 Å². The van der Waals surface area contributed by atoms with Crippen molar-refractivity contribution in [2.75, 3.05) is 0 Å². The van der Waals surface area contributed by atoms with Gasteiger partial charge in [-0.1, -0.05) is 25.1 Å². The smallest absolute Gasteiger partial charge is 0.0931 e. The fraction of sp³-hybridized carbons (Fsp3) is 0.593. The molecular formula is C27H32N2O2. The van der Waals surface area contributed by atoms with E-state index >= 15 is 0 Å². The van der Waals surface area contributed by atoms with Crippen LogP contribution in [0.15, 0.2) is 42.3 Å². The molecule has 1 heterocycles. The van der Waals surface area contributed by atoms with Gasteiger partial charge < -0.3 is 15.2 Å². The lowest BCUT2D eigenvalue weighted by Gasteiger charge is -2.49. The van der Waals surface area contributed by atoms with Crippen molar-refractivity contribution in [3.63, 3.8) is 0 Å². The van der Waals surface area contributed by atoms with Gasteiger partial charge in [-0.05, 0) is 97.5 Å². The van der Waals surface area contributed by atoms with Crippen LogP contribution >= 0.6 is 0 Å². The summed E-state index contributed by atoms with van der Waals surface area (Å²) in [6.07, 6.45) is 14.6. The van der Waals surface area contributed by atoms with Gasteiger partial charge in [0.25, 0.3) is 0 Å². The zero-order valence-electron chi connectivity index (χ0n) is 18.3. The number of hydrogen-bond donors (Lipinski definition) is 3. The van der Waals surface area contributed by atoms with E-state index in [1.54, 1.807) is 6.33 Å². The lowest BCUT2D eigenvalue weighted by atomic mass is 9.58. The minimum Gasteiger partial charge on any atom is -0.393 e. The summed E-state index contributed by atoms with van der Waals surface area (Å²) >= 11 is 0. The molecule has 31 heavy (non-hydrogen) atoms. The van der Waals surface area contributed by atoms with E-state index in [0.717, 1.165) is 56.0 Å². The molecule has 4 nitrogen and oxygen atoms in total. The maximum atomic E-state index is 12.3. The summed E-state index contributed by atoms with van der Waals surface area (Å²) in [6, 6.07) is 6.53. The minimum atomic E-state index is -0.695. The van der Waals surface area contributed by atoms with Crippen molar-refractivity contribution in [1.82, 2.24) is 9.97 Å². The Bertz CT molecular complexity index is 1150. The normalized spacial score (nSPS) is 45.6. The monoisotopic (exact) mass is 416 g/mol. The van der Waals surface area contributed by atoms with Gasteiger partial charge >= 0.3 is 0 Å². The molecule has 162 valence electrons. The van der Waals surface area contributed by atoms with Crippen molar-refractivity contribution in [2.24, 2.45) is 28.6 Å². The molecular weight excluding hydrogens is 384 g/mol. The molecule has 6 unspecified atom stereocenters. The first-order chi connectivity index (χ1) is 14.9. The number of aromatic amines is 1. The van der Waals surface area contributed by atoms with Gasteiger partial charge in [0.15, 0.2) is 0 Å². The zero-order chi connectivity index (χ0) is 21.0. The number of rotatable bonds is 1. The first-order valence-electron chi connectivity index (χ1n) is 12.2. The Kier molecular flexibility index (Phi) is 3.55. The number of aromatic nitrogens is 2. The van der Waals surface area contributed by atoms with Gasteiger partial charge in [-0.25, -0.2) is 4.98 Å². The highest BCUT2D eigenvalue weighted by Gasteiger charge is 2.68. The molecule has 3 saturated carbocycles. The number of aliphatic hydroxyl groups is 2. The predicted octanol–water partition coefficient (Wildman–Crippen LogP) is 4.99. The molecule has 3 N–H and O–H groups in total. The van der Waals surface area contributed by atoms with Crippen LogP contribution in [-0.4, -0.2) is 31.9 Å². The predicted molar refractivity (Wildman–Crippen MR) is 121 cm³/mol. The highest BCUT2D eigenvalue weighted by atomic mass is 16.3. The number of allylic oxidation sites excluding steroid dienone is 3. The number of fused-ring (bicyclic) bond motifs is 5. The average molecular weight is 417 g/mol. The summed E-state index contributed by atoms with van der Waals surface area (Å²) in [7, 11) is 0. The van der Waals surface area contributed by atoms with E-state index in [9.17, 15) is 10.2 Å². The summed E-state index contributed by atoms with van der Waals surface area (Å²) in [5.41, 5.74) is 5.61. The van der Waals surface area contributed by atoms with Crippen LogP contribution in [0.3, 0.4) is 0 Å². The molecule has 0 bridgehead atoms. The molecule has 7 rings (SSSR count). The Morgan fingerprint density at radius 3 is 2.94 bits per heavy atom. The molecule has 1 aromatic carbocycles. The summed E-state index contributed by atoms with van der Waals surface area (Å²) < 4.78 is 0. The van der Waals surface area contributed by atoms with Crippen molar-refractivity contribution in [3.05, 3.63) is 47.8 Å². The highest BCUT2D eigenvalue weighted by Crippen LogP contribution is 2.74. The van der Waals surface area contributed by atoms with E-state index in [1.165, 1.54) is 23.1 Å². The third kappa shape index (κ3) is 2.30. The molecule has 5 aliphatic rings. The minimum absolute atomic E-state index is 0.0387. The molecule has 0 saturated heterocycles. The molecule has 1 aromatic heterocycles. The Labute approximate surface area is 183 Å². The summed E-state index contributed by atoms with van der Waals surface area (Å²) in [5, 5.41) is 22.7. The van der Waals surface area contributed by atoms with E-state index in [4.69, 9.17) is 0 Å². The number of benzene rings is 1. The second-order valence-electron chi connectivity index (χ2n) is 11.4. The van der Waals surface area contributed by atoms with E-state index < -0.39 is 5.60 Å². The van der Waals surface area contributed by atoms with Crippen LogP contribution < -0.4 is 0 Å². The summed E-state index contributed by atoms with van der Waals surface area (Å²) in [5.74, 6) is 1.42. The zero-order valence-corrected chi connectivity index (χ0v) is 18.3. The van der Waals surface area contributed by atoms with Crippen LogP contribution in [0.2, 0.25) is 0 Å². The topological polar surface area (TPSA) is 69.1 Å². The van der Waals surface area contributed by atoms with Gasteiger partial charge in [0, 0.05) is 11.3 Å². The molecule has 7 atom stereocenters. The first-order valence-corrected chi connectivity index (χ1v) is 12.2. The molecule has 4 heteroatoms. The van der Waals surface area contributed by atoms with Crippen molar-refractivity contribution >= 4 is 16.6 Å². The second-order valence-corrected chi connectivity index (χ2v) is 11.4. The SMILES string of the molecule is CC12CC=C3C4CC45CC(O)CCC5CC[C@]3(O)C1CC=C2c1ccc2nc[nH]c2c1. The average Bonchev–Trinajstić information content (AvgIpc) is 3.09. The molecule has 0 amide bonds. The highest BCUT2D eigenvalue weighted by molar-refractivity contribution is 5.83. The van der Waals surface area contributed by atoms with Crippen LogP contribution in [0.1, 0.15) is 63.9 Å². The Hall–Kier alpha value is -1.91. The fourth-order valence-corrected chi connectivity index (χ4v) is 8.54. The molecule has 1 spiro atoms. The van der Waals surface area contributed by atoms with Gasteiger partial charge in [-0.15, -0.1) is 0 Å². The second kappa shape index (κ2) is 5.90. The summed E-state index contributed by atoms with van der Waals surface area (Å²) in [4.78, 5) is 7.62. The molecule has 0 radical (unpaired) electrons. The maximum Gasteiger partial charge on any atom is 0.0931 e. The van der Waals surface area contributed by atoms with Gasteiger partial charge in [-0.3, -0.25) is 0 Å². The van der Waals surface area contributed by atoms with Gasteiger partial charge in [0.05, 0.1) is 29.1 Å². The van der Waals surface area contributed by atoms with Crippen molar-refractivity contribution in [3.8, 4) is 0 Å². The Morgan fingerprint density at radius 1 is 1.13 bits per heavy atom. The van der Waals surface area contributed by atoms with E-state index in [-0.39, 0.29) is 22.9 Å². The number of nitrogens with zero attached hydrogens (tertiary/aromatic N) is 1. The number of imidazole rings is 1. The maximum absolute atomic E-state index is 12.3. The third-order valence-corrected chi connectivity index (χ3v) is 10.1. The Morgan fingerprint density at radius 2 is 2.03 bits per heavy atom. The molecule has 2 aromatic rings. The van der Waals surface area contributed by atoms with Gasteiger partial charge in [-0.2, -0.15) is 0 Å². The van der Waals surface area contributed by atoms with Gasteiger partial charge in [0.1, 0.15) is 0 Å². The Balaban J connectivity index is 1.28. The van der Waals surface area contributed by atoms with Crippen molar-refractivity contribution in [2.45, 2.75) is 70.0 Å². The molecule has 0 aliphatic heterocycles. The van der Waals surface area contributed by atoms with Crippen LogP contribution in [0, 0.1) is 28.6 Å². The van der Waals surface area contributed by atoms with E-state index in [1.807, 2.05) is 0 Å². The van der Waals surface area contributed by atoms with Crippen molar-refractivity contribution < 1.29 is 10.2 Å². The third-order valence-electron chi connectivity index (χ3n) is 10.1. The first kappa shape index (κ1) is 18.6. The van der Waals surface area contributed by atoms with Gasteiger partial charge in [0.2, 0.25) is 0 Å². The molecule has 3 fully saturated rings. The fourth-order valence-electron chi connectivity index (χ4n) is 8.54. The van der Waals surface area contributed by atoms with E-state index in [0.29, 0.717) is 11.8 Å². The van der Waals surface area contributed by atoms with Crippen LogP contribution in [0.25, 0.3) is 16.6 Å².